The molecule has 0 amide bonds. The number of hydrogen-bond donors (Lipinski definition) is 0. The molecule has 0 unspecified atom stereocenters. The van der Waals surface area contributed by atoms with Crippen LogP contribution in [-0.2, 0) is 0 Å². The second-order valence-electron chi connectivity index (χ2n) is 4.40. The summed E-state index contributed by atoms with van der Waals surface area (Å²) in [6.07, 6.45) is 3.36. The van der Waals surface area contributed by atoms with Crippen molar-refractivity contribution in [1.82, 2.24) is 0 Å². The van der Waals surface area contributed by atoms with Crippen LogP contribution in [0.3, 0.4) is 0 Å². The molecule has 1 aliphatic rings. The number of carbonyl (C=O) groups excluding carboxylic acids is 1. The van der Waals surface area contributed by atoms with Crippen LogP contribution in [-0.4, -0.2) is 12.9 Å². The lowest BCUT2D eigenvalue weighted by molar-refractivity contribution is 0.111. The van der Waals surface area contributed by atoms with Crippen LogP contribution in [0.1, 0.15) is 29.6 Å². The van der Waals surface area contributed by atoms with Crippen LogP contribution in [0.25, 0.3) is 0 Å². The molecular weight excluding hydrogens is 282 g/mol. The average Bonchev–Trinajstić information content (AvgIpc) is 3.08. The van der Waals surface area contributed by atoms with Gasteiger partial charge in [-0.25, -0.2) is 0 Å². The standard InChI is InChI=1S/C13H12BrNO2/c14-11-3-1-2-10(8-16)12(11)17-9-13(4-5-13)6-7-15/h1-3,8H,4-6,9H2. The van der Waals surface area contributed by atoms with Gasteiger partial charge in [0.25, 0.3) is 0 Å². The first-order valence-electron chi connectivity index (χ1n) is 5.44. The van der Waals surface area contributed by atoms with Gasteiger partial charge in [0.05, 0.1) is 22.7 Å². The topological polar surface area (TPSA) is 50.1 Å². The highest BCUT2D eigenvalue weighted by molar-refractivity contribution is 9.10. The number of nitriles is 1. The van der Waals surface area contributed by atoms with E-state index in [0.717, 1.165) is 23.6 Å². The summed E-state index contributed by atoms with van der Waals surface area (Å²) in [5.41, 5.74) is 0.552. The number of hydrogen-bond acceptors (Lipinski definition) is 3. The summed E-state index contributed by atoms with van der Waals surface area (Å²) in [5.74, 6) is 0.576. The lowest BCUT2D eigenvalue weighted by Crippen LogP contribution is -2.13. The molecule has 1 aliphatic carbocycles. The Kier molecular flexibility index (Phi) is 3.49. The van der Waals surface area contributed by atoms with Crippen molar-refractivity contribution >= 4 is 22.2 Å². The molecule has 0 N–H and O–H groups in total. The first-order valence-corrected chi connectivity index (χ1v) is 6.23. The molecule has 0 aromatic heterocycles. The Morgan fingerprint density at radius 2 is 2.29 bits per heavy atom. The first kappa shape index (κ1) is 12.1. The highest BCUT2D eigenvalue weighted by Crippen LogP contribution is 2.49. The molecule has 2 rings (SSSR count). The Balaban J connectivity index is 2.09. The van der Waals surface area contributed by atoms with Gasteiger partial charge in [-0.2, -0.15) is 5.26 Å². The van der Waals surface area contributed by atoms with Gasteiger partial charge >= 0.3 is 0 Å². The molecule has 1 fully saturated rings. The predicted molar refractivity (Wildman–Crippen MR) is 66.9 cm³/mol. The Labute approximate surface area is 109 Å². The van der Waals surface area contributed by atoms with E-state index in [0.29, 0.717) is 24.3 Å². The second kappa shape index (κ2) is 4.89. The monoisotopic (exact) mass is 293 g/mol. The molecule has 17 heavy (non-hydrogen) atoms. The molecule has 0 saturated heterocycles. The van der Waals surface area contributed by atoms with Crippen molar-refractivity contribution < 1.29 is 9.53 Å². The van der Waals surface area contributed by atoms with Gasteiger partial charge in [-0.15, -0.1) is 0 Å². The van der Waals surface area contributed by atoms with Gasteiger partial charge in [0.15, 0.2) is 6.29 Å². The van der Waals surface area contributed by atoms with Crippen LogP contribution < -0.4 is 4.74 Å². The fraction of sp³-hybridized carbons (Fsp3) is 0.385. The third-order valence-electron chi connectivity index (χ3n) is 3.06. The van der Waals surface area contributed by atoms with Gasteiger partial charge in [0.2, 0.25) is 0 Å². The number of halogens is 1. The van der Waals surface area contributed by atoms with Gasteiger partial charge in [-0.1, -0.05) is 6.07 Å². The summed E-state index contributed by atoms with van der Waals surface area (Å²) >= 11 is 3.37. The smallest absolute Gasteiger partial charge is 0.153 e. The van der Waals surface area contributed by atoms with Crippen molar-refractivity contribution in [1.29, 1.82) is 5.26 Å². The third kappa shape index (κ3) is 2.67. The Morgan fingerprint density at radius 3 is 2.88 bits per heavy atom. The number of aldehydes is 1. The third-order valence-corrected chi connectivity index (χ3v) is 3.68. The maximum absolute atomic E-state index is 10.9. The minimum atomic E-state index is 0.0180. The van der Waals surface area contributed by atoms with Crippen LogP contribution in [0, 0.1) is 16.7 Å². The summed E-state index contributed by atoms with van der Waals surface area (Å²) in [4.78, 5) is 10.9. The fourth-order valence-corrected chi connectivity index (χ4v) is 2.21. The second-order valence-corrected chi connectivity index (χ2v) is 5.25. The lowest BCUT2D eigenvalue weighted by atomic mass is 10.1. The quantitative estimate of drug-likeness (QED) is 0.783. The van der Waals surface area contributed by atoms with E-state index in [4.69, 9.17) is 10.00 Å². The SMILES string of the molecule is N#CCC1(COc2c(Br)cccc2C=O)CC1. The van der Waals surface area contributed by atoms with E-state index in [2.05, 4.69) is 22.0 Å². The maximum atomic E-state index is 10.9. The van der Waals surface area contributed by atoms with Crippen LogP contribution in [0.2, 0.25) is 0 Å². The molecule has 4 heteroatoms. The molecule has 0 atom stereocenters. The van der Waals surface area contributed by atoms with Gasteiger partial charge in [-0.3, -0.25) is 4.79 Å². The van der Waals surface area contributed by atoms with E-state index in [1.54, 1.807) is 12.1 Å². The zero-order chi connectivity index (χ0) is 12.3. The average molecular weight is 294 g/mol. The zero-order valence-electron chi connectivity index (χ0n) is 9.28. The molecule has 1 saturated carbocycles. The summed E-state index contributed by atoms with van der Waals surface area (Å²) in [6.45, 7) is 0.504. The zero-order valence-corrected chi connectivity index (χ0v) is 10.9. The van der Waals surface area contributed by atoms with Crippen molar-refractivity contribution in [2.24, 2.45) is 5.41 Å². The van der Waals surface area contributed by atoms with Crippen molar-refractivity contribution in [3.05, 3.63) is 28.2 Å². The molecule has 1 aromatic carbocycles. The molecule has 0 aliphatic heterocycles. The number of nitrogens with zero attached hydrogens (tertiary/aromatic N) is 1. The van der Waals surface area contributed by atoms with Crippen molar-refractivity contribution in [2.75, 3.05) is 6.61 Å². The molecule has 3 nitrogen and oxygen atoms in total. The summed E-state index contributed by atoms with van der Waals surface area (Å²) in [5, 5.41) is 8.72. The summed E-state index contributed by atoms with van der Waals surface area (Å²) in [7, 11) is 0. The highest BCUT2D eigenvalue weighted by atomic mass is 79.9. The lowest BCUT2D eigenvalue weighted by Gasteiger charge is -2.15. The maximum Gasteiger partial charge on any atom is 0.153 e. The Morgan fingerprint density at radius 1 is 1.53 bits per heavy atom. The minimum absolute atomic E-state index is 0.0180. The Bertz CT molecular complexity index is 475. The van der Waals surface area contributed by atoms with E-state index in [9.17, 15) is 4.79 Å². The summed E-state index contributed by atoms with van der Waals surface area (Å²) < 4.78 is 6.48. The van der Waals surface area contributed by atoms with Crippen molar-refractivity contribution in [3.8, 4) is 11.8 Å². The molecule has 0 bridgehead atoms. The molecule has 0 heterocycles. The largest absolute Gasteiger partial charge is 0.491 e. The number of benzene rings is 1. The molecule has 0 radical (unpaired) electrons. The van der Waals surface area contributed by atoms with Gasteiger partial charge < -0.3 is 4.74 Å². The van der Waals surface area contributed by atoms with Crippen LogP contribution >= 0.6 is 15.9 Å². The van der Waals surface area contributed by atoms with Crippen LogP contribution in [0.4, 0.5) is 0 Å². The van der Waals surface area contributed by atoms with E-state index in [-0.39, 0.29) is 5.41 Å². The number of carbonyl (C=O) groups is 1. The van der Waals surface area contributed by atoms with Crippen LogP contribution in [0.15, 0.2) is 22.7 Å². The van der Waals surface area contributed by atoms with Crippen LogP contribution in [0.5, 0.6) is 5.75 Å². The normalized spacial score (nSPS) is 16.0. The van der Waals surface area contributed by atoms with Gasteiger partial charge in [-0.05, 0) is 40.9 Å². The van der Waals surface area contributed by atoms with Crippen molar-refractivity contribution in [2.45, 2.75) is 19.3 Å². The van der Waals surface area contributed by atoms with E-state index in [1.807, 2.05) is 6.07 Å². The molecule has 1 aromatic rings. The summed E-state index contributed by atoms with van der Waals surface area (Å²) in [6, 6.07) is 7.54. The Hall–Kier alpha value is -1.34. The van der Waals surface area contributed by atoms with E-state index in [1.165, 1.54) is 0 Å². The molecular formula is C13H12BrNO2. The molecule has 88 valence electrons. The highest BCUT2D eigenvalue weighted by Gasteiger charge is 2.43. The minimum Gasteiger partial charge on any atom is -0.491 e. The van der Waals surface area contributed by atoms with E-state index >= 15 is 0 Å². The van der Waals surface area contributed by atoms with Gasteiger partial charge in [0, 0.05) is 11.8 Å². The first-order chi connectivity index (χ1) is 8.21. The van der Waals surface area contributed by atoms with E-state index < -0.39 is 0 Å². The fourth-order valence-electron chi connectivity index (χ4n) is 1.71. The predicted octanol–water partition coefficient (Wildman–Crippen LogP) is 3.33. The van der Waals surface area contributed by atoms with Crippen molar-refractivity contribution in [3.63, 3.8) is 0 Å². The number of ether oxygens (including phenoxy) is 1. The molecule has 0 spiro atoms. The van der Waals surface area contributed by atoms with Gasteiger partial charge in [0.1, 0.15) is 5.75 Å². The number of para-hydroxylation sites is 1. The number of rotatable bonds is 5.